The van der Waals surface area contributed by atoms with E-state index in [1.54, 1.807) is 23.6 Å². The van der Waals surface area contributed by atoms with Gasteiger partial charge in [0.05, 0.1) is 11.8 Å². The number of nitrogens with one attached hydrogen (secondary N) is 1. The van der Waals surface area contributed by atoms with E-state index in [1.807, 2.05) is 6.07 Å². The van der Waals surface area contributed by atoms with E-state index in [9.17, 15) is 0 Å². The number of hydrogen-bond acceptors (Lipinski definition) is 5. The Morgan fingerprint density at radius 3 is 3.00 bits per heavy atom. The van der Waals surface area contributed by atoms with Gasteiger partial charge in [0.1, 0.15) is 4.99 Å². The normalized spacial score (nSPS) is 10.5. The first-order valence-electron chi connectivity index (χ1n) is 5.60. The summed E-state index contributed by atoms with van der Waals surface area (Å²) in [5.74, 6) is 0.574. The van der Waals surface area contributed by atoms with E-state index < -0.39 is 0 Å². The summed E-state index contributed by atoms with van der Waals surface area (Å²) in [4.78, 5) is 0.300. The van der Waals surface area contributed by atoms with Gasteiger partial charge in [-0.15, -0.1) is 16.4 Å². The SMILES string of the molecule is NC(=S)c1ccnnc1Nc1ccc2sccc2c1. The van der Waals surface area contributed by atoms with Gasteiger partial charge < -0.3 is 11.1 Å². The van der Waals surface area contributed by atoms with Gasteiger partial charge in [0, 0.05) is 10.4 Å². The number of benzene rings is 1. The van der Waals surface area contributed by atoms with Gasteiger partial charge in [-0.25, -0.2) is 0 Å². The van der Waals surface area contributed by atoms with Crippen LogP contribution in [0.15, 0.2) is 41.9 Å². The second kappa shape index (κ2) is 4.91. The minimum atomic E-state index is 0.300. The summed E-state index contributed by atoms with van der Waals surface area (Å²) in [7, 11) is 0. The van der Waals surface area contributed by atoms with Crippen LogP contribution in [0.5, 0.6) is 0 Å². The minimum absolute atomic E-state index is 0.300. The standard InChI is InChI=1S/C13H10N4S2/c14-12(18)10-3-5-15-17-13(10)16-9-1-2-11-8(7-9)4-6-19-11/h1-7H,(H2,14,18)(H,16,17). The average molecular weight is 286 g/mol. The molecule has 3 aromatic rings. The van der Waals surface area contributed by atoms with Crippen LogP contribution in [-0.2, 0) is 0 Å². The van der Waals surface area contributed by atoms with Crippen LogP contribution < -0.4 is 11.1 Å². The molecule has 0 aliphatic rings. The van der Waals surface area contributed by atoms with Gasteiger partial charge in [-0.1, -0.05) is 12.2 Å². The molecule has 0 unspecified atom stereocenters. The molecule has 4 nitrogen and oxygen atoms in total. The van der Waals surface area contributed by atoms with Crippen LogP contribution in [0.25, 0.3) is 10.1 Å². The van der Waals surface area contributed by atoms with Gasteiger partial charge >= 0.3 is 0 Å². The maximum atomic E-state index is 5.67. The fourth-order valence-electron chi connectivity index (χ4n) is 1.80. The molecular weight excluding hydrogens is 276 g/mol. The maximum absolute atomic E-state index is 5.67. The van der Waals surface area contributed by atoms with E-state index >= 15 is 0 Å². The van der Waals surface area contributed by atoms with Crippen molar-refractivity contribution in [3.63, 3.8) is 0 Å². The lowest BCUT2D eigenvalue weighted by atomic mass is 10.2. The Labute approximate surface area is 119 Å². The van der Waals surface area contributed by atoms with E-state index in [0.29, 0.717) is 16.4 Å². The summed E-state index contributed by atoms with van der Waals surface area (Å²) < 4.78 is 1.25. The number of fused-ring (bicyclic) bond motifs is 1. The van der Waals surface area contributed by atoms with Crippen molar-refractivity contribution in [3.8, 4) is 0 Å². The largest absolute Gasteiger partial charge is 0.389 e. The van der Waals surface area contributed by atoms with E-state index in [-0.39, 0.29) is 0 Å². The highest BCUT2D eigenvalue weighted by molar-refractivity contribution is 7.80. The molecular formula is C13H10N4S2. The van der Waals surface area contributed by atoms with Gasteiger partial charge in [0.25, 0.3) is 0 Å². The summed E-state index contributed by atoms with van der Waals surface area (Å²) in [5.41, 5.74) is 7.29. The van der Waals surface area contributed by atoms with Gasteiger partial charge in [0.15, 0.2) is 5.82 Å². The predicted molar refractivity (Wildman–Crippen MR) is 83.0 cm³/mol. The van der Waals surface area contributed by atoms with Crippen LogP contribution in [0, 0.1) is 0 Å². The molecule has 3 N–H and O–H groups in total. The molecule has 2 aromatic heterocycles. The fraction of sp³-hybridized carbons (Fsp3) is 0. The number of rotatable bonds is 3. The lowest BCUT2D eigenvalue weighted by Crippen LogP contribution is -2.13. The summed E-state index contributed by atoms with van der Waals surface area (Å²) in [6.45, 7) is 0. The zero-order valence-electron chi connectivity index (χ0n) is 9.83. The maximum Gasteiger partial charge on any atom is 0.163 e. The number of thiocarbonyl (C=S) groups is 1. The first-order chi connectivity index (χ1) is 9.24. The number of thiophene rings is 1. The molecule has 1 aromatic carbocycles. The number of hydrogen-bond donors (Lipinski definition) is 2. The van der Waals surface area contributed by atoms with E-state index in [0.717, 1.165) is 5.69 Å². The second-order valence-corrected chi connectivity index (χ2v) is 5.34. The third-order valence-corrected chi connectivity index (χ3v) is 3.82. The lowest BCUT2D eigenvalue weighted by molar-refractivity contribution is 1.03. The summed E-state index contributed by atoms with van der Waals surface area (Å²) >= 11 is 6.71. The van der Waals surface area contributed by atoms with Crippen LogP contribution in [0.3, 0.4) is 0 Å². The number of nitrogens with two attached hydrogens (primary N) is 1. The molecule has 0 aliphatic heterocycles. The van der Waals surface area contributed by atoms with Crippen molar-refractivity contribution in [1.29, 1.82) is 0 Å². The Morgan fingerprint density at radius 1 is 1.26 bits per heavy atom. The van der Waals surface area contributed by atoms with Crippen LogP contribution in [0.2, 0.25) is 0 Å². The van der Waals surface area contributed by atoms with Gasteiger partial charge in [0.2, 0.25) is 0 Å². The van der Waals surface area contributed by atoms with E-state index in [2.05, 4.69) is 39.1 Å². The molecule has 0 radical (unpaired) electrons. The van der Waals surface area contributed by atoms with Crippen molar-refractivity contribution in [1.82, 2.24) is 10.2 Å². The van der Waals surface area contributed by atoms with Gasteiger partial charge in [-0.2, -0.15) is 5.10 Å². The monoisotopic (exact) mass is 286 g/mol. The highest BCUT2D eigenvalue weighted by Gasteiger charge is 2.07. The van der Waals surface area contributed by atoms with E-state index in [1.165, 1.54) is 10.1 Å². The summed E-state index contributed by atoms with van der Waals surface area (Å²) in [6.07, 6.45) is 1.57. The Balaban J connectivity index is 1.98. The lowest BCUT2D eigenvalue weighted by Gasteiger charge is -2.08. The molecule has 3 rings (SSSR count). The summed E-state index contributed by atoms with van der Waals surface area (Å²) in [6, 6.07) is 9.96. The highest BCUT2D eigenvalue weighted by Crippen LogP contribution is 2.26. The van der Waals surface area contributed by atoms with Crippen molar-refractivity contribution in [2.24, 2.45) is 5.73 Å². The van der Waals surface area contributed by atoms with Gasteiger partial charge in [-0.05, 0) is 41.1 Å². The first-order valence-corrected chi connectivity index (χ1v) is 6.88. The van der Waals surface area contributed by atoms with Crippen molar-refractivity contribution >= 4 is 50.1 Å². The molecule has 6 heteroatoms. The smallest absolute Gasteiger partial charge is 0.163 e. The van der Waals surface area contributed by atoms with Crippen LogP contribution in [0.4, 0.5) is 11.5 Å². The van der Waals surface area contributed by atoms with E-state index in [4.69, 9.17) is 18.0 Å². The summed E-state index contributed by atoms with van der Waals surface area (Å²) in [5, 5.41) is 14.3. The van der Waals surface area contributed by atoms with Crippen molar-refractivity contribution < 1.29 is 0 Å². The highest BCUT2D eigenvalue weighted by atomic mass is 32.1. The number of anilines is 2. The quantitative estimate of drug-likeness (QED) is 0.724. The third kappa shape index (κ3) is 2.40. The van der Waals surface area contributed by atoms with Crippen molar-refractivity contribution in [2.75, 3.05) is 5.32 Å². The zero-order chi connectivity index (χ0) is 13.2. The molecule has 0 aliphatic carbocycles. The molecule has 0 amide bonds. The number of aromatic nitrogens is 2. The second-order valence-electron chi connectivity index (χ2n) is 3.96. The molecule has 0 fully saturated rings. The van der Waals surface area contributed by atoms with Crippen molar-refractivity contribution in [2.45, 2.75) is 0 Å². The third-order valence-electron chi connectivity index (χ3n) is 2.70. The zero-order valence-corrected chi connectivity index (χ0v) is 11.5. The first kappa shape index (κ1) is 12.0. The molecule has 0 bridgehead atoms. The Kier molecular flexibility index (Phi) is 3.10. The van der Waals surface area contributed by atoms with Crippen LogP contribution in [0.1, 0.15) is 5.56 Å². The number of nitrogens with zero attached hydrogens (tertiary/aromatic N) is 2. The molecule has 0 saturated heterocycles. The molecule has 0 saturated carbocycles. The topological polar surface area (TPSA) is 63.8 Å². The Hall–Kier alpha value is -2.05. The molecule has 19 heavy (non-hydrogen) atoms. The van der Waals surface area contributed by atoms with Crippen LogP contribution >= 0.6 is 23.6 Å². The molecule has 2 heterocycles. The Bertz CT molecular complexity index is 751. The Morgan fingerprint density at radius 2 is 2.16 bits per heavy atom. The molecule has 0 spiro atoms. The average Bonchev–Trinajstić information content (AvgIpc) is 2.86. The molecule has 0 atom stereocenters. The minimum Gasteiger partial charge on any atom is -0.389 e. The van der Waals surface area contributed by atoms with Crippen molar-refractivity contribution in [3.05, 3.63) is 47.5 Å². The van der Waals surface area contributed by atoms with Crippen LogP contribution in [-0.4, -0.2) is 15.2 Å². The molecule has 94 valence electrons. The fourth-order valence-corrected chi connectivity index (χ4v) is 2.74. The predicted octanol–water partition coefficient (Wildman–Crippen LogP) is 3.07. The van der Waals surface area contributed by atoms with Gasteiger partial charge in [-0.3, -0.25) is 0 Å².